The van der Waals surface area contributed by atoms with Crippen molar-refractivity contribution in [3.63, 3.8) is 0 Å². The predicted octanol–water partition coefficient (Wildman–Crippen LogP) is 0.990. The zero-order valence-electron chi connectivity index (χ0n) is 7.33. The molecule has 0 saturated carbocycles. The number of pyridine rings is 1. The van der Waals surface area contributed by atoms with Crippen LogP contribution in [0.2, 0.25) is 0 Å². The number of aromatic nitrogens is 4. The Morgan fingerprint density at radius 3 is 3.21 bits per heavy atom. The van der Waals surface area contributed by atoms with Gasteiger partial charge in [0.15, 0.2) is 0 Å². The first-order valence-electron chi connectivity index (χ1n) is 4.32. The lowest BCUT2D eigenvalue weighted by Crippen LogP contribution is -2.10. The third-order valence-electron chi connectivity index (χ3n) is 2.12. The molecule has 3 rings (SSSR count). The number of allylic oxidation sites excluding steroid dienone is 1. The van der Waals surface area contributed by atoms with E-state index in [1.165, 1.54) is 0 Å². The molecule has 0 fully saturated rings. The highest BCUT2D eigenvalue weighted by molar-refractivity contribution is 5.93. The van der Waals surface area contributed by atoms with Gasteiger partial charge in [0.25, 0.3) is 0 Å². The van der Waals surface area contributed by atoms with Crippen molar-refractivity contribution in [2.45, 2.75) is 6.42 Å². The van der Waals surface area contributed by atoms with Crippen molar-refractivity contribution < 1.29 is 0 Å². The molecule has 2 aromatic heterocycles. The second-order valence-corrected chi connectivity index (χ2v) is 3.00. The SMILES string of the molecule is C1=CN=C(n2nnc3cnccc32)C1. The van der Waals surface area contributed by atoms with Gasteiger partial charge in [0.05, 0.1) is 11.7 Å². The molecular weight excluding hydrogens is 178 g/mol. The summed E-state index contributed by atoms with van der Waals surface area (Å²) >= 11 is 0. The molecule has 0 radical (unpaired) electrons. The molecule has 1 aliphatic rings. The average molecular weight is 185 g/mol. The van der Waals surface area contributed by atoms with Crippen LogP contribution in [0.3, 0.4) is 0 Å². The molecule has 3 heterocycles. The predicted molar refractivity (Wildman–Crippen MR) is 51.9 cm³/mol. The van der Waals surface area contributed by atoms with Gasteiger partial charge in [0.1, 0.15) is 11.4 Å². The van der Waals surface area contributed by atoms with Gasteiger partial charge in [-0.2, -0.15) is 4.68 Å². The minimum atomic E-state index is 0.794. The third kappa shape index (κ3) is 0.953. The largest absolute Gasteiger partial charge is 0.262 e. The Bertz CT molecular complexity index is 537. The first-order chi connectivity index (χ1) is 6.95. The minimum absolute atomic E-state index is 0.794. The van der Waals surface area contributed by atoms with E-state index >= 15 is 0 Å². The summed E-state index contributed by atoms with van der Waals surface area (Å²) in [6.07, 6.45) is 8.00. The highest BCUT2D eigenvalue weighted by Crippen LogP contribution is 2.11. The Labute approximate surface area is 79.8 Å². The quantitative estimate of drug-likeness (QED) is 0.615. The zero-order chi connectivity index (χ0) is 9.38. The van der Waals surface area contributed by atoms with E-state index in [9.17, 15) is 0 Å². The van der Waals surface area contributed by atoms with E-state index in [0.717, 1.165) is 23.3 Å². The molecule has 0 N–H and O–H groups in total. The Kier molecular flexibility index (Phi) is 1.44. The van der Waals surface area contributed by atoms with Gasteiger partial charge >= 0.3 is 0 Å². The van der Waals surface area contributed by atoms with E-state index in [4.69, 9.17) is 0 Å². The molecule has 14 heavy (non-hydrogen) atoms. The first kappa shape index (κ1) is 7.37. The molecule has 1 aliphatic heterocycles. The summed E-state index contributed by atoms with van der Waals surface area (Å²) in [5.41, 5.74) is 1.74. The maximum atomic E-state index is 4.20. The van der Waals surface area contributed by atoms with Crippen LogP contribution >= 0.6 is 0 Å². The maximum absolute atomic E-state index is 4.20. The van der Waals surface area contributed by atoms with Crippen LogP contribution < -0.4 is 0 Å². The fraction of sp³-hybridized carbons (Fsp3) is 0.111. The minimum Gasteiger partial charge on any atom is -0.262 e. The van der Waals surface area contributed by atoms with E-state index in [0.29, 0.717) is 0 Å². The van der Waals surface area contributed by atoms with Gasteiger partial charge in [-0.25, -0.2) is 4.99 Å². The van der Waals surface area contributed by atoms with Crippen LogP contribution in [0.5, 0.6) is 0 Å². The zero-order valence-corrected chi connectivity index (χ0v) is 7.33. The summed E-state index contributed by atoms with van der Waals surface area (Å²) in [5.74, 6) is 0.902. The second kappa shape index (κ2) is 2.73. The van der Waals surface area contributed by atoms with Gasteiger partial charge in [0, 0.05) is 18.8 Å². The molecule has 0 spiro atoms. The Hall–Kier alpha value is -2.04. The van der Waals surface area contributed by atoms with Gasteiger partial charge in [-0.05, 0) is 6.07 Å². The molecular formula is C9H7N5. The molecule has 0 aromatic carbocycles. The van der Waals surface area contributed by atoms with Crippen molar-refractivity contribution in [3.8, 4) is 0 Å². The normalized spacial score (nSPS) is 15.0. The van der Waals surface area contributed by atoms with Crippen LogP contribution in [0, 0.1) is 0 Å². The van der Waals surface area contributed by atoms with E-state index in [1.54, 1.807) is 23.3 Å². The number of rotatable bonds is 0. The maximum Gasteiger partial charge on any atom is 0.136 e. The van der Waals surface area contributed by atoms with Crippen molar-refractivity contribution >= 4 is 16.9 Å². The summed E-state index contributed by atoms with van der Waals surface area (Å²) in [7, 11) is 0. The topological polar surface area (TPSA) is 56.0 Å². The van der Waals surface area contributed by atoms with Crippen LogP contribution in [-0.4, -0.2) is 25.8 Å². The second-order valence-electron chi connectivity index (χ2n) is 3.00. The van der Waals surface area contributed by atoms with Gasteiger partial charge in [-0.3, -0.25) is 4.98 Å². The number of nitrogens with zero attached hydrogens (tertiary/aromatic N) is 5. The van der Waals surface area contributed by atoms with Crippen LogP contribution in [0.25, 0.3) is 11.0 Å². The van der Waals surface area contributed by atoms with Gasteiger partial charge < -0.3 is 0 Å². The van der Waals surface area contributed by atoms with Crippen molar-refractivity contribution in [1.82, 2.24) is 20.0 Å². The smallest absolute Gasteiger partial charge is 0.136 e. The standard InChI is InChI=1S/C9H7N5/c1-2-9(11-4-1)14-8-3-5-10-6-7(8)12-13-14/h1,3-6H,2H2. The lowest BCUT2D eigenvalue weighted by molar-refractivity contribution is 0.853. The summed E-state index contributed by atoms with van der Waals surface area (Å²) in [6, 6.07) is 1.89. The van der Waals surface area contributed by atoms with Gasteiger partial charge in [0.2, 0.25) is 0 Å². The molecule has 0 aliphatic carbocycles. The monoisotopic (exact) mass is 185 g/mol. The fourth-order valence-electron chi connectivity index (χ4n) is 1.46. The molecule has 5 nitrogen and oxygen atoms in total. The highest BCUT2D eigenvalue weighted by atomic mass is 15.4. The lowest BCUT2D eigenvalue weighted by atomic mass is 10.4. The summed E-state index contributed by atoms with van der Waals surface area (Å²) in [5, 5.41) is 8.04. The van der Waals surface area contributed by atoms with Gasteiger partial charge in [-0.15, -0.1) is 5.10 Å². The van der Waals surface area contributed by atoms with Crippen molar-refractivity contribution in [2.24, 2.45) is 4.99 Å². The van der Waals surface area contributed by atoms with Gasteiger partial charge in [-0.1, -0.05) is 11.3 Å². The van der Waals surface area contributed by atoms with Crippen molar-refractivity contribution in [1.29, 1.82) is 0 Å². The summed E-state index contributed by atoms with van der Waals surface area (Å²) < 4.78 is 1.75. The van der Waals surface area contributed by atoms with E-state index < -0.39 is 0 Å². The molecule has 5 heteroatoms. The van der Waals surface area contributed by atoms with E-state index in [1.807, 2.05) is 12.1 Å². The molecule has 0 atom stereocenters. The molecule has 0 amide bonds. The summed E-state index contributed by atoms with van der Waals surface area (Å²) in [6.45, 7) is 0. The third-order valence-corrected chi connectivity index (χ3v) is 2.12. The molecule has 0 bridgehead atoms. The van der Waals surface area contributed by atoms with Crippen LogP contribution in [0.4, 0.5) is 0 Å². The Morgan fingerprint density at radius 1 is 1.36 bits per heavy atom. The van der Waals surface area contributed by atoms with E-state index in [2.05, 4.69) is 20.3 Å². The number of aliphatic imine (C=N–C) groups is 1. The molecule has 0 unspecified atom stereocenters. The van der Waals surface area contributed by atoms with Crippen LogP contribution in [0.15, 0.2) is 35.7 Å². The Balaban J connectivity index is 2.22. The van der Waals surface area contributed by atoms with Crippen molar-refractivity contribution in [2.75, 3.05) is 0 Å². The number of fused-ring (bicyclic) bond motifs is 1. The van der Waals surface area contributed by atoms with E-state index in [-0.39, 0.29) is 0 Å². The summed E-state index contributed by atoms with van der Waals surface area (Å²) in [4.78, 5) is 8.19. The van der Waals surface area contributed by atoms with Crippen LogP contribution in [-0.2, 0) is 0 Å². The molecule has 68 valence electrons. The Morgan fingerprint density at radius 2 is 2.36 bits per heavy atom. The number of hydrogen-bond acceptors (Lipinski definition) is 4. The van der Waals surface area contributed by atoms with Crippen molar-refractivity contribution in [3.05, 3.63) is 30.7 Å². The fourth-order valence-corrected chi connectivity index (χ4v) is 1.46. The number of hydrogen-bond donors (Lipinski definition) is 0. The average Bonchev–Trinajstić information content (AvgIpc) is 2.85. The first-order valence-corrected chi connectivity index (χ1v) is 4.32. The van der Waals surface area contributed by atoms with Crippen LogP contribution in [0.1, 0.15) is 6.42 Å². The molecule has 0 saturated heterocycles. The molecule has 2 aromatic rings. The highest BCUT2D eigenvalue weighted by Gasteiger charge is 2.10. The lowest BCUT2D eigenvalue weighted by Gasteiger charge is -1.98.